The molecule has 136 valence electrons. The smallest absolute Gasteiger partial charge is 0.127 e. The van der Waals surface area contributed by atoms with Crippen molar-refractivity contribution in [2.75, 3.05) is 0 Å². The van der Waals surface area contributed by atoms with Crippen LogP contribution in [0.5, 0.6) is 0 Å². The number of aryl methyl sites for hydroxylation is 1. The number of aromatic nitrogens is 1. The minimum absolute atomic E-state index is 0.215. The van der Waals surface area contributed by atoms with Crippen molar-refractivity contribution >= 4 is 11.6 Å². The number of hydrogen-bond donors (Lipinski definition) is 0. The average molecular weight is 362 g/mol. The second-order valence-corrected chi connectivity index (χ2v) is 7.37. The van der Waals surface area contributed by atoms with E-state index in [1.807, 2.05) is 0 Å². The summed E-state index contributed by atoms with van der Waals surface area (Å²) in [5, 5.41) is 0.446. The van der Waals surface area contributed by atoms with Crippen LogP contribution in [0.15, 0.2) is 36.4 Å². The van der Waals surface area contributed by atoms with Crippen molar-refractivity contribution in [1.82, 2.24) is 4.98 Å². The van der Waals surface area contributed by atoms with Gasteiger partial charge in [-0.25, -0.2) is 4.39 Å². The molecule has 0 aliphatic carbocycles. The summed E-state index contributed by atoms with van der Waals surface area (Å²) in [7, 11) is 0. The molecule has 2 rings (SSSR count). The Bertz CT molecular complexity index is 665. The molecule has 0 radical (unpaired) electrons. The number of benzene rings is 1. The Kier molecular flexibility index (Phi) is 7.90. The Morgan fingerprint density at radius 3 is 2.32 bits per heavy atom. The van der Waals surface area contributed by atoms with Gasteiger partial charge in [0.1, 0.15) is 5.82 Å². The molecule has 1 heterocycles. The first-order valence-electron chi connectivity index (χ1n) is 9.45. The Balaban J connectivity index is 2.06. The summed E-state index contributed by atoms with van der Waals surface area (Å²) in [5.41, 5.74) is 3.05. The predicted molar refractivity (Wildman–Crippen MR) is 105 cm³/mol. The van der Waals surface area contributed by atoms with Crippen LogP contribution in [-0.2, 0) is 6.42 Å². The van der Waals surface area contributed by atoms with Gasteiger partial charge in [0.25, 0.3) is 0 Å². The molecule has 0 spiro atoms. The van der Waals surface area contributed by atoms with Gasteiger partial charge in [0.2, 0.25) is 0 Å². The van der Waals surface area contributed by atoms with E-state index in [0.717, 1.165) is 17.7 Å². The van der Waals surface area contributed by atoms with Crippen LogP contribution >= 0.6 is 11.6 Å². The third-order valence-corrected chi connectivity index (χ3v) is 5.09. The summed E-state index contributed by atoms with van der Waals surface area (Å²) in [6.45, 7) is 6.64. The highest BCUT2D eigenvalue weighted by molar-refractivity contribution is 6.30. The van der Waals surface area contributed by atoms with Gasteiger partial charge < -0.3 is 0 Å². The topological polar surface area (TPSA) is 12.9 Å². The third-order valence-electron chi connectivity index (χ3n) is 4.85. The first-order chi connectivity index (χ1) is 12.0. The van der Waals surface area contributed by atoms with Crippen molar-refractivity contribution in [2.45, 2.75) is 71.1 Å². The molecule has 0 aliphatic heterocycles. The molecule has 1 atom stereocenters. The summed E-state index contributed by atoms with van der Waals surface area (Å²) in [5.74, 6) is 0.641. The standard InChI is InChI=1S/C22H29ClFN/c1-4-7-18(8-5-2)22-10-6-9-21(25-22)16(3)11-12-17-13-14-19(23)15-20(17)24/h6,9-10,13-16,18H,4-5,7-8,11-12H2,1-3H3. The minimum atomic E-state index is -0.215. The lowest BCUT2D eigenvalue weighted by molar-refractivity contribution is 0.541. The lowest BCUT2D eigenvalue weighted by Crippen LogP contribution is -2.06. The molecule has 0 amide bonds. The second-order valence-electron chi connectivity index (χ2n) is 6.94. The van der Waals surface area contributed by atoms with Crippen LogP contribution in [0.25, 0.3) is 0 Å². The fraction of sp³-hybridized carbons (Fsp3) is 0.500. The molecule has 1 unspecified atom stereocenters. The molecule has 0 saturated carbocycles. The minimum Gasteiger partial charge on any atom is -0.257 e. The van der Waals surface area contributed by atoms with Gasteiger partial charge in [0, 0.05) is 22.3 Å². The molecule has 0 aliphatic rings. The first-order valence-corrected chi connectivity index (χ1v) is 9.83. The Hall–Kier alpha value is -1.41. The SMILES string of the molecule is CCCC(CCC)c1cccc(C(C)CCc2ccc(Cl)cc2F)n1. The quantitative estimate of drug-likeness (QED) is 0.456. The highest BCUT2D eigenvalue weighted by Gasteiger charge is 2.14. The second kappa shape index (κ2) is 9.91. The van der Waals surface area contributed by atoms with Crippen molar-refractivity contribution in [3.05, 3.63) is 64.2 Å². The van der Waals surface area contributed by atoms with Gasteiger partial charge in [-0.15, -0.1) is 0 Å². The monoisotopic (exact) mass is 361 g/mol. The Labute approximate surface area is 156 Å². The first kappa shape index (κ1) is 19.9. The molecule has 25 heavy (non-hydrogen) atoms. The molecular weight excluding hydrogens is 333 g/mol. The van der Waals surface area contributed by atoms with E-state index in [1.165, 1.54) is 37.4 Å². The van der Waals surface area contributed by atoms with Crippen molar-refractivity contribution in [3.63, 3.8) is 0 Å². The molecule has 1 aromatic carbocycles. The summed E-state index contributed by atoms with van der Waals surface area (Å²) in [6, 6.07) is 11.3. The zero-order chi connectivity index (χ0) is 18.2. The molecule has 0 saturated heterocycles. The number of rotatable bonds is 9. The van der Waals surface area contributed by atoms with Crippen LogP contribution in [-0.4, -0.2) is 4.98 Å². The van der Waals surface area contributed by atoms with Crippen LogP contribution < -0.4 is 0 Å². The zero-order valence-electron chi connectivity index (χ0n) is 15.6. The highest BCUT2D eigenvalue weighted by atomic mass is 35.5. The van der Waals surface area contributed by atoms with Crippen LogP contribution in [0.4, 0.5) is 4.39 Å². The fourth-order valence-corrected chi connectivity index (χ4v) is 3.51. The molecule has 1 aromatic heterocycles. The number of pyridine rings is 1. The molecule has 0 fully saturated rings. The summed E-state index contributed by atoms with van der Waals surface area (Å²) >= 11 is 5.82. The van der Waals surface area contributed by atoms with Crippen LogP contribution in [0.2, 0.25) is 5.02 Å². The van der Waals surface area contributed by atoms with Gasteiger partial charge in [-0.05, 0) is 61.4 Å². The maximum atomic E-state index is 13.9. The largest absolute Gasteiger partial charge is 0.257 e. The lowest BCUT2D eigenvalue weighted by Gasteiger charge is -2.18. The van der Waals surface area contributed by atoms with E-state index in [-0.39, 0.29) is 5.82 Å². The van der Waals surface area contributed by atoms with Gasteiger partial charge in [0.15, 0.2) is 0 Å². The van der Waals surface area contributed by atoms with Gasteiger partial charge in [-0.3, -0.25) is 4.98 Å². The molecule has 0 bridgehead atoms. The zero-order valence-corrected chi connectivity index (χ0v) is 16.3. The van der Waals surface area contributed by atoms with Crippen molar-refractivity contribution in [3.8, 4) is 0 Å². The summed E-state index contributed by atoms with van der Waals surface area (Å²) in [4.78, 5) is 4.94. The van der Waals surface area contributed by atoms with Crippen molar-refractivity contribution < 1.29 is 4.39 Å². The molecule has 3 heteroatoms. The van der Waals surface area contributed by atoms with Crippen LogP contribution in [0.1, 0.15) is 81.7 Å². The Morgan fingerprint density at radius 2 is 1.68 bits per heavy atom. The lowest BCUT2D eigenvalue weighted by atomic mass is 9.92. The molecule has 0 N–H and O–H groups in total. The molecule has 2 aromatic rings. The van der Waals surface area contributed by atoms with Gasteiger partial charge in [-0.2, -0.15) is 0 Å². The van der Waals surface area contributed by atoms with E-state index >= 15 is 0 Å². The summed E-state index contributed by atoms with van der Waals surface area (Å²) in [6.07, 6.45) is 6.32. The van der Waals surface area contributed by atoms with Crippen LogP contribution in [0, 0.1) is 5.82 Å². The van der Waals surface area contributed by atoms with E-state index in [0.29, 0.717) is 23.3 Å². The van der Waals surface area contributed by atoms with E-state index in [4.69, 9.17) is 16.6 Å². The number of nitrogens with zero attached hydrogens (tertiary/aromatic N) is 1. The van der Waals surface area contributed by atoms with E-state index < -0.39 is 0 Å². The third kappa shape index (κ3) is 5.81. The number of halogens is 2. The van der Waals surface area contributed by atoms with Crippen molar-refractivity contribution in [2.24, 2.45) is 0 Å². The van der Waals surface area contributed by atoms with Gasteiger partial charge in [-0.1, -0.05) is 57.3 Å². The maximum Gasteiger partial charge on any atom is 0.127 e. The highest BCUT2D eigenvalue weighted by Crippen LogP contribution is 2.27. The van der Waals surface area contributed by atoms with Crippen molar-refractivity contribution in [1.29, 1.82) is 0 Å². The molecule has 1 nitrogen and oxygen atoms in total. The number of hydrogen-bond acceptors (Lipinski definition) is 1. The van der Waals surface area contributed by atoms with E-state index in [9.17, 15) is 4.39 Å². The van der Waals surface area contributed by atoms with E-state index in [2.05, 4.69) is 39.0 Å². The average Bonchev–Trinajstić information content (AvgIpc) is 2.60. The van der Waals surface area contributed by atoms with Crippen LogP contribution in [0.3, 0.4) is 0 Å². The predicted octanol–water partition coefficient (Wildman–Crippen LogP) is 7.29. The summed E-state index contributed by atoms with van der Waals surface area (Å²) < 4.78 is 13.9. The normalized spacial score (nSPS) is 12.6. The maximum absolute atomic E-state index is 13.9. The Morgan fingerprint density at radius 1 is 1.00 bits per heavy atom. The van der Waals surface area contributed by atoms with Gasteiger partial charge in [0.05, 0.1) is 0 Å². The fourth-order valence-electron chi connectivity index (χ4n) is 3.35. The van der Waals surface area contributed by atoms with Gasteiger partial charge >= 0.3 is 0 Å². The van der Waals surface area contributed by atoms with E-state index in [1.54, 1.807) is 12.1 Å². The molecular formula is C22H29ClFN.